The smallest absolute Gasteiger partial charge is 0.205 e. The molecule has 0 radical (unpaired) electrons. The van der Waals surface area contributed by atoms with Gasteiger partial charge in [0.1, 0.15) is 0 Å². The Morgan fingerprint density at radius 3 is 2.18 bits per heavy atom. The maximum Gasteiger partial charge on any atom is 0.205 e. The Kier molecular flexibility index (Phi) is 3.84. The third kappa shape index (κ3) is 2.36. The van der Waals surface area contributed by atoms with Crippen LogP contribution in [-0.4, -0.2) is 10.3 Å². The zero-order chi connectivity index (χ0) is 7.56. The Morgan fingerprint density at radius 2 is 1.82 bits per heavy atom. The average Bonchev–Trinajstić information content (AvgIpc) is 1.88. The number of benzene rings is 1. The second-order valence-electron chi connectivity index (χ2n) is 1.82. The van der Waals surface area contributed by atoms with Crippen LogP contribution < -0.4 is 17.6 Å². The van der Waals surface area contributed by atoms with Gasteiger partial charge in [-0.2, -0.15) is 5.23 Å². The molecule has 1 unspecified atom stereocenters. The number of rotatable bonds is 1. The third-order valence-electron chi connectivity index (χ3n) is 1.13. The van der Waals surface area contributed by atoms with Crippen LogP contribution in [0.3, 0.4) is 0 Å². The molecule has 0 amide bonds. The maximum atomic E-state index is 10.3. The van der Waals surface area contributed by atoms with Crippen molar-refractivity contribution in [1.29, 1.82) is 0 Å². The minimum absolute atomic E-state index is 0. The summed E-state index contributed by atoms with van der Waals surface area (Å²) in [6.07, 6.45) is 0. The molecule has 0 aromatic heterocycles. The number of phenolic OH excluding ortho intramolecular Hbond substituents is 1. The fourth-order valence-electron chi connectivity index (χ4n) is 0.654. The van der Waals surface area contributed by atoms with E-state index in [2.05, 4.69) is 0 Å². The molecule has 62 valence electrons. The number of halogens is 1. The van der Waals surface area contributed by atoms with Crippen molar-refractivity contribution in [1.82, 2.24) is 0 Å². The van der Waals surface area contributed by atoms with E-state index < -0.39 is 5.23 Å². The summed E-state index contributed by atoms with van der Waals surface area (Å²) < 4.78 is 0. The molecule has 4 nitrogen and oxygen atoms in total. The number of para-hydroxylation sites is 2. The van der Waals surface area contributed by atoms with Crippen molar-refractivity contribution in [2.75, 3.05) is 0 Å². The van der Waals surface area contributed by atoms with Crippen LogP contribution in [0, 0.1) is 5.21 Å². The maximum absolute atomic E-state index is 10.3. The fourth-order valence-corrected chi connectivity index (χ4v) is 0.654. The summed E-state index contributed by atoms with van der Waals surface area (Å²) in [6, 6.07) is 5.81. The zero-order valence-electron chi connectivity index (χ0n) is 5.49. The summed E-state index contributed by atoms with van der Waals surface area (Å²) in [5, 5.41) is 26.5. The van der Waals surface area contributed by atoms with E-state index in [1.165, 1.54) is 12.1 Å². The van der Waals surface area contributed by atoms with E-state index in [1.54, 1.807) is 12.1 Å². The molecular weight excluding hydrogens is 170 g/mol. The molecule has 1 rings (SSSR count). The Bertz CT molecular complexity index is 229. The van der Waals surface area contributed by atoms with Gasteiger partial charge in [-0.25, -0.2) is 5.21 Å². The van der Waals surface area contributed by atoms with Crippen LogP contribution in [0.2, 0.25) is 0 Å². The van der Waals surface area contributed by atoms with Gasteiger partial charge in [-0.3, -0.25) is 0 Å². The van der Waals surface area contributed by atoms with Crippen molar-refractivity contribution in [3.8, 4) is 5.75 Å². The molecule has 1 aromatic carbocycles. The topological polar surface area (TPSA) is 68.0 Å². The molecule has 5 heteroatoms. The van der Waals surface area contributed by atoms with Crippen LogP contribution in [0.4, 0.5) is 5.69 Å². The molecule has 11 heavy (non-hydrogen) atoms. The van der Waals surface area contributed by atoms with Gasteiger partial charge in [-0.1, -0.05) is 12.1 Å². The van der Waals surface area contributed by atoms with Crippen LogP contribution in [0.25, 0.3) is 0 Å². The first-order valence-corrected chi connectivity index (χ1v) is 2.73. The molecule has 0 aliphatic carbocycles. The van der Waals surface area contributed by atoms with Crippen LogP contribution in [0.1, 0.15) is 0 Å². The average molecular weight is 177 g/mol. The van der Waals surface area contributed by atoms with Gasteiger partial charge in [0.25, 0.3) is 0 Å². The van der Waals surface area contributed by atoms with E-state index in [9.17, 15) is 5.21 Å². The standard InChI is InChI=1S/C6H7NO3.ClH/c8-6-4-2-1-3-5(6)7(9)10;/h1-4,7-9H;1H/p-1. The van der Waals surface area contributed by atoms with Crippen molar-refractivity contribution < 1.29 is 27.9 Å². The third-order valence-corrected chi connectivity index (χ3v) is 1.13. The van der Waals surface area contributed by atoms with Crippen molar-refractivity contribution in [3.63, 3.8) is 0 Å². The molecular formula is C6H7ClNO3-. The normalized spacial score (nSPS) is 11.8. The molecule has 0 spiro atoms. The van der Waals surface area contributed by atoms with Gasteiger partial charge in [-0.05, 0) is 6.07 Å². The summed E-state index contributed by atoms with van der Waals surface area (Å²) in [5.74, 6) is -0.199. The number of aromatic hydroxyl groups is 1. The van der Waals surface area contributed by atoms with Gasteiger partial charge in [-0.15, -0.1) is 0 Å². The van der Waals surface area contributed by atoms with Gasteiger partial charge in [0, 0.05) is 6.07 Å². The highest BCUT2D eigenvalue weighted by molar-refractivity contribution is 5.43. The highest BCUT2D eigenvalue weighted by atomic mass is 35.5. The number of hydrogen-bond donors (Lipinski definition) is 3. The van der Waals surface area contributed by atoms with Gasteiger partial charge >= 0.3 is 0 Å². The summed E-state index contributed by atoms with van der Waals surface area (Å²) in [4.78, 5) is 0. The number of quaternary nitrogens is 1. The van der Waals surface area contributed by atoms with E-state index >= 15 is 0 Å². The molecule has 0 saturated carbocycles. The zero-order valence-corrected chi connectivity index (χ0v) is 6.25. The Balaban J connectivity index is 0.000001000. The quantitative estimate of drug-likeness (QED) is 0.312. The van der Waals surface area contributed by atoms with Gasteiger partial charge < -0.3 is 22.7 Å². The van der Waals surface area contributed by atoms with Crippen molar-refractivity contribution in [2.45, 2.75) is 0 Å². The molecule has 1 aromatic rings. The van der Waals surface area contributed by atoms with Crippen LogP contribution in [0.15, 0.2) is 24.3 Å². The lowest BCUT2D eigenvalue weighted by Crippen LogP contribution is -3.00. The van der Waals surface area contributed by atoms with Gasteiger partial charge in [0.05, 0.1) is 0 Å². The molecule has 0 saturated heterocycles. The number of nitrogens with one attached hydrogen (secondary N) is 1. The molecule has 0 aliphatic rings. The van der Waals surface area contributed by atoms with E-state index in [4.69, 9.17) is 10.3 Å². The van der Waals surface area contributed by atoms with E-state index in [0.29, 0.717) is 0 Å². The first-order chi connectivity index (χ1) is 4.72. The molecule has 0 heterocycles. The Hall–Kier alpha value is -0.810. The highest BCUT2D eigenvalue weighted by Gasteiger charge is 2.03. The summed E-state index contributed by atoms with van der Waals surface area (Å²) in [6.45, 7) is 0. The Morgan fingerprint density at radius 1 is 1.27 bits per heavy atom. The first-order valence-electron chi connectivity index (χ1n) is 2.73. The van der Waals surface area contributed by atoms with Crippen LogP contribution in [-0.2, 0) is 0 Å². The first kappa shape index (κ1) is 10.2. The summed E-state index contributed by atoms with van der Waals surface area (Å²) in [7, 11) is 0. The minimum atomic E-state index is -1.11. The lowest BCUT2D eigenvalue weighted by molar-refractivity contribution is -0.991. The molecule has 1 atom stereocenters. The van der Waals surface area contributed by atoms with E-state index in [-0.39, 0.29) is 23.8 Å². The van der Waals surface area contributed by atoms with Crippen molar-refractivity contribution in [2.24, 2.45) is 0 Å². The predicted octanol–water partition coefficient (Wildman–Crippen LogP) is -3.20. The molecule has 0 fully saturated rings. The summed E-state index contributed by atoms with van der Waals surface area (Å²) >= 11 is 0. The predicted molar refractivity (Wildman–Crippen MR) is 33.9 cm³/mol. The van der Waals surface area contributed by atoms with E-state index in [1.807, 2.05) is 0 Å². The lowest BCUT2D eigenvalue weighted by Gasteiger charge is -2.11. The summed E-state index contributed by atoms with van der Waals surface area (Å²) in [5.41, 5.74) is -0.0671. The fraction of sp³-hybridized carbons (Fsp3) is 0. The van der Waals surface area contributed by atoms with Crippen LogP contribution >= 0.6 is 0 Å². The van der Waals surface area contributed by atoms with Crippen molar-refractivity contribution in [3.05, 3.63) is 29.5 Å². The number of phenols is 1. The second-order valence-corrected chi connectivity index (χ2v) is 1.82. The van der Waals surface area contributed by atoms with Gasteiger partial charge in [0.2, 0.25) is 5.69 Å². The lowest BCUT2D eigenvalue weighted by atomic mass is 10.3. The van der Waals surface area contributed by atoms with Crippen LogP contribution in [0.5, 0.6) is 5.75 Å². The van der Waals surface area contributed by atoms with Crippen molar-refractivity contribution >= 4 is 5.69 Å². The minimum Gasteiger partial charge on any atom is -1.00 e. The largest absolute Gasteiger partial charge is 1.00 e. The molecule has 3 N–H and O–H groups in total. The Labute approximate surface area is 69.6 Å². The van der Waals surface area contributed by atoms with E-state index in [0.717, 1.165) is 0 Å². The molecule has 0 aliphatic heterocycles. The highest BCUT2D eigenvalue weighted by Crippen LogP contribution is 2.16. The number of hydrogen-bond acceptors (Lipinski definition) is 3. The second kappa shape index (κ2) is 4.15. The monoisotopic (exact) mass is 176 g/mol. The molecule has 0 bridgehead atoms. The SMILES string of the molecule is [Cl-].[O-][NH+](O)c1ccccc1O. The van der Waals surface area contributed by atoms with Gasteiger partial charge in [0.15, 0.2) is 5.75 Å².